The minimum Gasteiger partial charge on any atom is -0.490 e. The molecule has 2 rings (SSSR count). The van der Waals surface area contributed by atoms with E-state index in [9.17, 15) is 14.9 Å². The summed E-state index contributed by atoms with van der Waals surface area (Å²) in [5, 5.41) is 19.9. The Labute approximate surface area is 152 Å². The van der Waals surface area contributed by atoms with Crippen molar-refractivity contribution >= 4 is 24.1 Å². The monoisotopic (exact) mass is 373 g/mol. The number of hydrogen-bond donors (Lipinski definition) is 1. The van der Waals surface area contributed by atoms with E-state index in [-0.39, 0.29) is 36.4 Å². The highest BCUT2D eigenvalue weighted by Gasteiger charge is 2.24. The summed E-state index contributed by atoms with van der Waals surface area (Å²) in [4.78, 5) is 25.5. The average Bonchev–Trinajstić information content (AvgIpc) is 2.54. The first-order valence-electron chi connectivity index (χ1n) is 7.86. The molecular weight excluding hydrogens is 350 g/mol. The highest BCUT2D eigenvalue weighted by Crippen LogP contribution is 2.28. The summed E-state index contributed by atoms with van der Waals surface area (Å²) in [5.74, 6) is -0.553. The summed E-state index contributed by atoms with van der Waals surface area (Å²) >= 11 is 0. The zero-order valence-corrected chi connectivity index (χ0v) is 15.2. The predicted octanol–water partition coefficient (Wildman–Crippen LogP) is 2.01. The number of nitro groups is 1. The van der Waals surface area contributed by atoms with Gasteiger partial charge in [-0.2, -0.15) is 0 Å². The Morgan fingerprint density at radius 3 is 2.60 bits per heavy atom. The lowest BCUT2D eigenvalue weighted by Crippen LogP contribution is -2.44. The number of piperidine rings is 1. The van der Waals surface area contributed by atoms with E-state index in [1.165, 1.54) is 7.11 Å². The summed E-state index contributed by atoms with van der Waals surface area (Å²) in [6.07, 6.45) is 1.78. The van der Waals surface area contributed by atoms with E-state index < -0.39 is 10.9 Å². The van der Waals surface area contributed by atoms with Crippen LogP contribution in [0.3, 0.4) is 0 Å². The van der Waals surface area contributed by atoms with Crippen LogP contribution in [0.5, 0.6) is 5.75 Å². The van der Waals surface area contributed by atoms with Crippen LogP contribution in [0.4, 0.5) is 5.69 Å². The number of aliphatic carboxylic acids is 1. The van der Waals surface area contributed by atoms with Crippen molar-refractivity contribution in [3.8, 4) is 5.75 Å². The maximum Gasteiger partial charge on any atom is 0.317 e. The molecule has 8 nitrogen and oxygen atoms in total. The number of carbonyl (C=O) groups is 1. The first-order valence-corrected chi connectivity index (χ1v) is 7.86. The number of ether oxygens (including phenoxy) is 1. The number of nitrogens with zero attached hydrogens (tertiary/aromatic N) is 3. The van der Waals surface area contributed by atoms with Crippen molar-refractivity contribution in [2.45, 2.75) is 25.4 Å². The van der Waals surface area contributed by atoms with Gasteiger partial charge in [-0.25, -0.2) is 0 Å². The molecule has 9 heteroatoms. The Kier molecular flexibility index (Phi) is 8.08. The number of nitro benzene ring substituents is 1. The van der Waals surface area contributed by atoms with Crippen molar-refractivity contribution in [3.05, 3.63) is 33.9 Å². The number of likely N-dealkylation sites (tertiary alicyclic amines) is 1. The van der Waals surface area contributed by atoms with Gasteiger partial charge < -0.3 is 9.84 Å². The second-order valence-corrected chi connectivity index (χ2v) is 6.08. The Bertz CT molecular complexity index is 605. The third-order valence-corrected chi connectivity index (χ3v) is 4.41. The van der Waals surface area contributed by atoms with Gasteiger partial charge in [-0.3, -0.25) is 24.7 Å². The Morgan fingerprint density at radius 2 is 2.08 bits per heavy atom. The average molecular weight is 374 g/mol. The third kappa shape index (κ3) is 5.84. The minimum absolute atomic E-state index is 0. The lowest BCUT2D eigenvalue weighted by Gasteiger charge is -2.36. The van der Waals surface area contributed by atoms with Gasteiger partial charge in [0.1, 0.15) is 0 Å². The lowest BCUT2D eigenvalue weighted by atomic mass is 10.0. The van der Waals surface area contributed by atoms with Crippen molar-refractivity contribution in [2.75, 3.05) is 33.8 Å². The fourth-order valence-electron chi connectivity index (χ4n) is 3.10. The van der Waals surface area contributed by atoms with Crippen LogP contribution in [0.1, 0.15) is 18.4 Å². The molecule has 25 heavy (non-hydrogen) atoms. The quantitative estimate of drug-likeness (QED) is 0.576. The summed E-state index contributed by atoms with van der Waals surface area (Å²) in [7, 11) is 3.25. The van der Waals surface area contributed by atoms with E-state index in [2.05, 4.69) is 4.90 Å². The lowest BCUT2D eigenvalue weighted by molar-refractivity contribution is -0.385. The molecule has 0 radical (unpaired) electrons. The second-order valence-electron chi connectivity index (χ2n) is 6.08. The van der Waals surface area contributed by atoms with E-state index in [1.807, 2.05) is 18.0 Å². The molecule has 140 valence electrons. The van der Waals surface area contributed by atoms with Gasteiger partial charge in [0.25, 0.3) is 0 Å². The van der Waals surface area contributed by atoms with Gasteiger partial charge in [-0.15, -0.1) is 12.4 Å². The van der Waals surface area contributed by atoms with Crippen molar-refractivity contribution < 1.29 is 19.6 Å². The fourth-order valence-corrected chi connectivity index (χ4v) is 3.10. The molecule has 0 spiro atoms. The number of methoxy groups -OCH3 is 1. The van der Waals surface area contributed by atoms with Gasteiger partial charge in [0, 0.05) is 18.7 Å². The molecule has 1 aromatic carbocycles. The SMILES string of the molecule is COc1ccc(CN2CCC(N(C)CC(=O)O)CC2)cc1[N+](=O)[O-].Cl. The summed E-state index contributed by atoms with van der Waals surface area (Å²) in [5.41, 5.74) is 0.853. The molecule has 1 aliphatic rings. The van der Waals surface area contributed by atoms with Crippen molar-refractivity contribution in [2.24, 2.45) is 0 Å². The Morgan fingerprint density at radius 1 is 1.44 bits per heavy atom. The Balaban J connectivity index is 0.00000312. The zero-order valence-electron chi connectivity index (χ0n) is 14.4. The van der Waals surface area contributed by atoms with Crippen LogP contribution in [-0.2, 0) is 11.3 Å². The maximum absolute atomic E-state index is 11.1. The fraction of sp³-hybridized carbons (Fsp3) is 0.562. The van der Waals surface area contributed by atoms with Gasteiger partial charge in [0.15, 0.2) is 5.75 Å². The molecule has 1 aromatic rings. The van der Waals surface area contributed by atoms with Gasteiger partial charge in [0.2, 0.25) is 0 Å². The standard InChI is InChI=1S/C16H23N3O5.ClH/c1-17(11-16(20)21)13-5-7-18(8-6-13)10-12-3-4-15(24-2)14(9-12)19(22)23;/h3-4,9,13H,5-8,10-11H2,1-2H3,(H,20,21);1H. The molecule has 0 unspecified atom stereocenters. The molecular formula is C16H24ClN3O5. The molecule has 1 fully saturated rings. The van der Waals surface area contributed by atoms with Gasteiger partial charge in [-0.05, 0) is 44.6 Å². The molecule has 0 amide bonds. The molecule has 1 saturated heterocycles. The predicted molar refractivity (Wildman–Crippen MR) is 95.5 cm³/mol. The Hall–Kier alpha value is -1.90. The van der Waals surface area contributed by atoms with Gasteiger partial charge >= 0.3 is 11.7 Å². The summed E-state index contributed by atoms with van der Waals surface area (Å²) < 4.78 is 5.01. The number of benzene rings is 1. The van der Waals surface area contributed by atoms with E-state index in [0.717, 1.165) is 31.5 Å². The molecule has 1 N–H and O–H groups in total. The van der Waals surface area contributed by atoms with E-state index in [0.29, 0.717) is 6.54 Å². The van der Waals surface area contributed by atoms with Crippen molar-refractivity contribution in [1.29, 1.82) is 0 Å². The first-order chi connectivity index (χ1) is 11.4. The van der Waals surface area contributed by atoms with Crippen LogP contribution < -0.4 is 4.74 Å². The third-order valence-electron chi connectivity index (χ3n) is 4.41. The normalized spacial score (nSPS) is 15.6. The first kappa shape index (κ1) is 21.1. The van der Waals surface area contributed by atoms with Gasteiger partial charge in [-0.1, -0.05) is 6.07 Å². The maximum atomic E-state index is 11.1. The smallest absolute Gasteiger partial charge is 0.317 e. The highest BCUT2D eigenvalue weighted by molar-refractivity contribution is 5.85. The highest BCUT2D eigenvalue weighted by atomic mass is 35.5. The van der Waals surface area contributed by atoms with Crippen LogP contribution >= 0.6 is 12.4 Å². The number of likely N-dealkylation sites (N-methyl/N-ethyl adjacent to an activating group) is 1. The van der Waals surface area contributed by atoms with Crippen molar-refractivity contribution in [3.63, 3.8) is 0 Å². The largest absolute Gasteiger partial charge is 0.490 e. The molecule has 0 aliphatic carbocycles. The minimum atomic E-state index is -0.814. The molecule has 0 saturated carbocycles. The molecule has 1 aliphatic heterocycles. The molecule has 0 aromatic heterocycles. The topological polar surface area (TPSA) is 96.2 Å². The van der Waals surface area contributed by atoms with Crippen LogP contribution in [0, 0.1) is 10.1 Å². The number of carboxylic acid groups (broad SMARTS) is 1. The molecule has 1 heterocycles. The van der Waals surface area contributed by atoms with Crippen LogP contribution in [-0.4, -0.2) is 65.6 Å². The van der Waals surface area contributed by atoms with Crippen molar-refractivity contribution in [1.82, 2.24) is 9.80 Å². The van der Waals surface area contributed by atoms with E-state index >= 15 is 0 Å². The molecule has 0 bridgehead atoms. The number of hydrogen-bond acceptors (Lipinski definition) is 6. The molecule has 0 atom stereocenters. The number of halogens is 1. The van der Waals surface area contributed by atoms with Crippen LogP contribution in [0.25, 0.3) is 0 Å². The van der Waals surface area contributed by atoms with E-state index in [1.54, 1.807) is 12.1 Å². The van der Waals surface area contributed by atoms with Gasteiger partial charge in [0.05, 0.1) is 18.6 Å². The van der Waals surface area contributed by atoms with Crippen LogP contribution in [0.15, 0.2) is 18.2 Å². The van der Waals surface area contributed by atoms with E-state index in [4.69, 9.17) is 9.84 Å². The summed E-state index contributed by atoms with van der Waals surface area (Å²) in [6, 6.07) is 5.29. The van der Waals surface area contributed by atoms with Crippen LogP contribution in [0.2, 0.25) is 0 Å². The second kappa shape index (κ2) is 9.55. The number of rotatable bonds is 7. The zero-order chi connectivity index (χ0) is 17.7. The summed E-state index contributed by atoms with van der Waals surface area (Å²) in [6.45, 7) is 2.37. The number of carboxylic acids is 1.